The molecular formula is C21H27AuO12. The van der Waals surface area contributed by atoms with Crippen molar-refractivity contribution in [1.82, 2.24) is 0 Å². The predicted molar refractivity (Wildman–Crippen MR) is 103 cm³/mol. The van der Waals surface area contributed by atoms with Gasteiger partial charge in [-0.1, -0.05) is 41.5 Å². The van der Waals surface area contributed by atoms with Crippen molar-refractivity contribution < 1.29 is 80.9 Å². The van der Waals surface area contributed by atoms with Crippen LogP contribution in [0.5, 0.6) is 0 Å². The van der Waals surface area contributed by atoms with E-state index in [2.05, 4.69) is 0 Å². The molecule has 0 bridgehead atoms. The van der Waals surface area contributed by atoms with Crippen LogP contribution in [0.2, 0.25) is 0 Å². The third-order valence-electron chi connectivity index (χ3n) is 3.62. The minimum Gasteiger partial charge on any atom is -0.542 e. The molecule has 0 saturated heterocycles. The van der Waals surface area contributed by atoms with Gasteiger partial charge in [0.1, 0.15) is 35.3 Å². The number of rotatable bonds is 12. The predicted octanol–water partition coefficient (Wildman–Crippen LogP) is -3.24. The smallest absolute Gasteiger partial charge is 0.542 e. The Hall–Kier alpha value is -2.83. The van der Waals surface area contributed by atoms with Crippen molar-refractivity contribution in [1.29, 1.82) is 0 Å². The SMILES string of the molecule is CC(C)C(=O)CC(=O)C(=O)[O-].CC(C)C(=O)CC(=O)C(=O)[O-].CC(C)C(=O)CC(=O)C(=O)[O-].[Au+3]. The van der Waals surface area contributed by atoms with Crippen LogP contribution in [0.1, 0.15) is 60.8 Å². The van der Waals surface area contributed by atoms with Gasteiger partial charge in [0.15, 0.2) is 17.3 Å². The number of ketones is 6. The number of Topliss-reactive ketones (excluding diaryl/α,β-unsaturated/α-hetero) is 6. The number of carboxylic acids is 3. The molecule has 0 saturated carbocycles. The molecule has 12 nitrogen and oxygen atoms in total. The summed E-state index contributed by atoms with van der Waals surface area (Å²) in [6.45, 7) is 9.61. The van der Waals surface area contributed by atoms with E-state index in [9.17, 15) is 58.5 Å². The average Bonchev–Trinajstić information content (AvgIpc) is 2.67. The van der Waals surface area contributed by atoms with Gasteiger partial charge in [0.25, 0.3) is 0 Å². The fourth-order valence-corrected chi connectivity index (χ4v) is 1.30. The quantitative estimate of drug-likeness (QED) is 0.114. The maximum Gasteiger partial charge on any atom is 3.00 e. The molecule has 0 radical (unpaired) electrons. The largest absolute Gasteiger partial charge is 3.00 e. The number of hydrogen-bond donors (Lipinski definition) is 0. The second kappa shape index (κ2) is 19.6. The Bertz CT molecular complexity index is 689. The van der Waals surface area contributed by atoms with Gasteiger partial charge in [0.05, 0.1) is 19.3 Å². The molecular weight excluding hydrogens is 641 g/mol. The number of carbonyl (C=O) groups excluding carboxylic acids is 9. The standard InChI is InChI=1S/3C7H10O4.Au/c3*1-4(2)5(8)3-6(9)7(10)11;/h3*4H,3H2,1-2H3,(H,10,11);/q;;;+3/p-3. The monoisotopic (exact) mass is 668 g/mol. The van der Waals surface area contributed by atoms with Gasteiger partial charge in [-0.25, -0.2) is 0 Å². The van der Waals surface area contributed by atoms with Crippen LogP contribution in [0, 0.1) is 17.8 Å². The Balaban J connectivity index is -0.000000196. The zero-order valence-corrected chi connectivity index (χ0v) is 21.7. The van der Waals surface area contributed by atoms with Crippen LogP contribution >= 0.6 is 0 Å². The van der Waals surface area contributed by atoms with E-state index in [0.29, 0.717) is 0 Å². The van der Waals surface area contributed by atoms with Crippen molar-refractivity contribution in [2.75, 3.05) is 0 Å². The van der Waals surface area contributed by atoms with Crippen LogP contribution in [0.4, 0.5) is 0 Å². The van der Waals surface area contributed by atoms with Crippen LogP contribution < -0.4 is 15.3 Å². The summed E-state index contributed by atoms with van der Waals surface area (Å²) in [7, 11) is 0. The van der Waals surface area contributed by atoms with E-state index in [0.717, 1.165) is 0 Å². The van der Waals surface area contributed by atoms with E-state index in [1.807, 2.05) is 0 Å². The molecule has 0 spiro atoms. The molecule has 0 heterocycles. The minimum atomic E-state index is -1.79. The van der Waals surface area contributed by atoms with E-state index >= 15 is 0 Å². The Morgan fingerprint density at radius 3 is 0.676 bits per heavy atom. The molecule has 0 amide bonds. The molecule has 0 N–H and O–H groups in total. The summed E-state index contributed by atoms with van der Waals surface area (Å²) in [5, 5.41) is 29.5. The molecule has 0 rings (SSSR count). The minimum absolute atomic E-state index is 0. The van der Waals surface area contributed by atoms with Crippen molar-refractivity contribution >= 4 is 52.6 Å². The van der Waals surface area contributed by atoms with Crippen molar-refractivity contribution in [3.05, 3.63) is 0 Å². The Morgan fingerprint density at radius 1 is 0.441 bits per heavy atom. The Morgan fingerprint density at radius 2 is 0.588 bits per heavy atom. The van der Waals surface area contributed by atoms with Crippen LogP contribution in [-0.2, 0) is 65.5 Å². The molecule has 0 aliphatic carbocycles. The van der Waals surface area contributed by atoms with E-state index in [1.165, 1.54) is 0 Å². The summed E-state index contributed by atoms with van der Waals surface area (Å²) in [6, 6.07) is 0. The summed E-state index contributed by atoms with van der Waals surface area (Å²) in [5.74, 6) is -10.9. The van der Waals surface area contributed by atoms with Gasteiger partial charge in [0.2, 0.25) is 0 Å². The van der Waals surface area contributed by atoms with Gasteiger partial charge in [-0.2, -0.15) is 0 Å². The summed E-state index contributed by atoms with van der Waals surface area (Å²) >= 11 is 0. The van der Waals surface area contributed by atoms with Gasteiger partial charge in [-0.05, 0) is 0 Å². The number of aliphatic carboxylic acids is 3. The summed E-state index contributed by atoms with van der Waals surface area (Å²) in [6.07, 6.45) is -1.67. The summed E-state index contributed by atoms with van der Waals surface area (Å²) in [5.41, 5.74) is 0. The van der Waals surface area contributed by atoms with E-state index < -0.39 is 54.5 Å². The molecule has 194 valence electrons. The number of carbonyl (C=O) groups is 9. The molecule has 0 aliphatic heterocycles. The third-order valence-corrected chi connectivity index (χ3v) is 3.62. The molecule has 13 heteroatoms. The van der Waals surface area contributed by atoms with Crippen molar-refractivity contribution in [3.8, 4) is 0 Å². The topological polar surface area (TPSA) is 223 Å². The van der Waals surface area contributed by atoms with E-state index in [1.54, 1.807) is 41.5 Å². The maximum atomic E-state index is 10.7. The fourth-order valence-electron chi connectivity index (χ4n) is 1.30. The van der Waals surface area contributed by atoms with Crippen LogP contribution in [0.25, 0.3) is 0 Å². The van der Waals surface area contributed by atoms with E-state index in [4.69, 9.17) is 0 Å². The van der Waals surface area contributed by atoms with Crippen molar-refractivity contribution in [2.45, 2.75) is 60.8 Å². The van der Waals surface area contributed by atoms with Crippen molar-refractivity contribution in [3.63, 3.8) is 0 Å². The second-order valence-electron chi connectivity index (χ2n) is 7.53. The molecule has 0 atom stereocenters. The Kier molecular flexibility index (Phi) is 22.2. The average molecular weight is 668 g/mol. The normalized spacial score (nSPS) is 9.44. The zero-order valence-electron chi connectivity index (χ0n) is 19.6. The maximum absolute atomic E-state index is 10.7. The van der Waals surface area contributed by atoms with Crippen LogP contribution in [0.15, 0.2) is 0 Å². The fraction of sp³-hybridized carbons (Fsp3) is 0.571. The van der Waals surface area contributed by atoms with Crippen LogP contribution in [-0.4, -0.2) is 52.6 Å². The number of hydrogen-bond acceptors (Lipinski definition) is 12. The molecule has 0 aromatic carbocycles. The third kappa shape index (κ3) is 21.0. The Labute approximate surface area is 212 Å². The summed E-state index contributed by atoms with van der Waals surface area (Å²) in [4.78, 5) is 92.9. The van der Waals surface area contributed by atoms with Crippen LogP contribution in [0.3, 0.4) is 0 Å². The first-order valence-electron chi connectivity index (χ1n) is 9.65. The second-order valence-corrected chi connectivity index (χ2v) is 7.53. The van der Waals surface area contributed by atoms with Gasteiger partial charge in [0, 0.05) is 17.8 Å². The molecule has 0 aliphatic rings. The zero-order chi connectivity index (χ0) is 27.0. The first kappa shape index (κ1) is 38.4. The molecule has 0 fully saturated rings. The molecule has 0 aromatic heterocycles. The number of carboxylic acid groups (broad SMARTS) is 3. The summed E-state index contributed by atoms with van der Waals surface area (Å²) < 4.78 is 0. The van der Waals surface area contributed by atoms with Gasteiger partial charge in [-0.15, -0.1) is 0 Å². The molecule has 34 heavy (non-hydrogen) atoms. The van der Waals surface area contributed by atoms with E-state index in [-0.39, 0.29) is 57.5 Å². The van der Waals surface area contributed by atoms with Gasteiger partial charge >= 0.3 is 22.4 Å². The molecule has 0 unspecified atom stereocenters. The van der Waals surface area contributed by atoms with Gasteiger partial charge in [-0.3, -0.25) is 28.8 Å². The van der Waals surface area contributed by atoms with Crippen molar-refractivity contribution in [2.24, 2.45) is 17.8 Å². The first-order valence-corrected chi connectivity index (χ1v) is 9.65. The van der Waals surface area contributed by atoms with Gasteiger partial charge < -0.3 is 29.7 Å². The first-order chi connectivity index (χ1) is 14.8. The molecule has 0 aromatic rings.